The number of halogens is 1. The van der Waals surface area contributed by atoms with Crippen LogP contribution in [-0.2, 0) is 9.59 Å². The average molecular weight is 478 g/mol. The average Bonchev–Trinajstić information content (AvgIpc) is 3.01. The first-order valence-corrected chi connectivity index (χ1v) is 10.5. The van der Waals surface area contributed by atoms with Gasteiger partial charge in [-0.15, -0.1) is 0 Å². The van der Waals surface area contributed by atoms with E-state index in [0.29, 0.717) is 16.8 Å². The number of Topliss-reactive ketones (excluding diaryl/α,β-unsaturated/α-hetero) is 1. The van der Waals surface area contributed by atoms with Crippen LogP contribution in [0, 0.1) is 13.8 Å². The lowest BCUT2D eigenvalue weighted by atomic mass is 9.95. The molecule has 31 heavy (non-hydrogen) atoms. The minimum atomic E-state index is -0.827. The molecule has 1 aliphatic rings. The molecule has 5 nitrogen and oxygen atoms in total. The van der Waals surface area contributed by atoms with Crippen LogP contribution in [0.2, 0.25) is 0 Å². The third-order valence-corrected chi connectivity index (χ3v) is 6.07. The Balaban J connectivity index is 1.95. The molecule has 0 aliphatic carbocycles. The van der Waals surface area contributed by atoms with Crippen LogP contribution in [0.15, 0.2) is 76.8 Å². The maximum absolute atomic E-state index is 13.1. The fraction of sp³-hybridized carbons (Fsp3) is 0.120. The number of anilines is 1. The monoisotopic (exact) mass is 477 g/mol. The molecule has 1 fully saturated rings. The van der Waals surface area contributed by atoms with Gasteiger partial charge in [-0.3, -0.25) is 14.5 Å². The van der Waals surface area contributed by atoms with Crippen molar-refractivity contribution in [2.75, 3.05) is 4.90 Å². The van der Waals surface area contributed by atoms with Crippen LogP contribution in [0.1, 0.15) is 28.3 Å². The minimum absolute atomic E-state index is 0.0104. The zero-order valence-electron chi connectivity index (χ0n) is 17.0. The van der Waals surface area contributed by atoms with Crippen molar-refractivity contribution in [1.29, 1.82) is 0 Å². The summed E-state index contributed by atoms with van der Waals surface area (Å²) in [6.45, 7) is 3.91. The Labute approximate surface area is 188 Å². The maximum Gasteiger partial charge on any atom is 0.300 e. The number of ketones is 1. The van der Waals surface area contributed by atoms with Gasteiger partial charge in [-0.05, 0) is 66.9 Å². The third-order valence-electron chi connectivity index (χ3n) is 5.54. The van der Waals surface area contributed by atoms with Crippen LogP contribution in [0.5, 0.6) is 5.75 Å². The van der Waals surface area contributed by atoms with E-state index in [-0.39, 0.29) is 17.1 Å². The number of rotatable bonds is 3. The number of aromatic hydroxyl groups is 1. The predicted octanol–water partition coefficient (Wildman–Crippen LogP) is 5.40. The summed E-state index contributed by atoms with van der Waals surface area (Å²) in [5, 5.41) is 20.8. The van der Waals surface area contributed by atoms with E-state index in [9.17, 15) is 19.8 Å². The highest BCUT2D eigenvalue weighted by Gasteiger charge is 2.47. The van der Waals surface area contributed by atoms with E-state index in [0.717, 1.165) is 15.6 Å². The Morgan fingerprint density at radius 2 is 1.55 bits per heavy atom. The molecule has 4 rings (SSSR count). The van der Waals surface area contributed by atoms with Gasteiger partial charge in [0.15, 0.2) is 0 Å². The van der Waals surface area contributed by atoms with Crippen molar-refractivity contribution in [3.8, 4) is 5.75 Å². The van der Waals surface area contributed by atoms with Gasteiger partial charge in [0.25, 0.3) is 11.7 Å². The number of phenols is 1. The molecule has 0 spiro atoms. The highest BCUT2D eigenvalue weighted by Crippen LogP contribution is 2.42. The number of nitrogens with zero attached hydrogens (tertiary/aromatic N) is 1. The number of hydrogen-bond acceptors (Lipinski definition) is 4. The molecule has 3 aromatic carbocycles. The molecule has 3 aromatic rings. The van der Waals surface area contributed by atoms with Crippen LogP contribution in [0.4, 0.5) is 5.69 Å². The second-order valence-corrected chi connectivity index (χ2v) is 8.45. The molecular formula is C25H20BrNO4. The van der Waals surface area contributed by atoms with Gasteiger partial charge in [-0.1, -0.05) is 46.3 Å². The first-order valence-electron chi connectivity index (χ1n) is 9.71. The quantitative estimate of drug-likeness (QED) is 0.300. The number of phenolic OH excluding ortho intramolecular Hbond substituents is 1. The summed E-state index contributed by atoms with van der Waals surface area (Å²) in [6.07, 6.45) is 0. The lowest BCUT2D eigenvalue weighted by molar-refractivity contribution is -0.132. The Morgan fingerprint density at radius 3 is 2.16 bits per heavy atom. The van der Waals surface area contributed by atoms with Crippen molar-refractivity contribution < 1.29 is 19.8 Å². The Morgan fingerprint density at radius 1 is 0.903 bits per heavy atom. The number of carbonyl (C=O) groups is 2. The number of benzene rings is 3. The maximum atomic E-state index is 13.1. The zero-order valence-corrected chi connectivity index (χ0v) is 18.6. The number of aryl methyl sites for hydroxylation is 2. The fourth-order valence-electron chi connectivity index (χ4n) is 3.71. The highest BCUT2D eigenvalue weighted by atomic mass is 79.9. The van der Waals surface area contributed by atoms with Crippen molar-refractivity contribution in [3.05, 3.63) is 99.0 Å². The summed E-state index contributed by atoms with van der Waals surface area (Å²) in [5.41, 5.74) is 3.67. The summed E-state index contributed by atoms with van der Waals surface area (Å²) < 4.78 is 0.828. The Kier molecular flexibility index (Phi) is 5.41. The Bertz CT molecular complexity index is 1210. The molecule has 2 N–H and O–H groups in total. The molecule has 1 unspecified atom stereocenters. The molecule has 1 atom stereocenters. The molecule has 1 amide bonds. The van der Waals surface area contributed by atoms with Crippen LogP contribution in [0.25, 0.3) is 5.76 Å². The van der Waals surface area contributed by atoms with Gasteiger partial charge in [0, 0.05) is 15.7 Å². The lowest BCUT2D eigenvalue weighted by Gasteiger charge is -2.26. The van der Waals surface area contributed by atoms with Gasteiger partial charge in [0.05, 0.1) is 11.6 Å². The molecule has 0 aromatic heterocycles. The van der Waals surface area contributed by atoms with Crippen molar-refractivity contribution >= 4 is 39.1 Å². The first-order chi connectivity index (χ1) is 14.8. The molecule has 1 aliphatic heterocycles. The highest BCUT2D eigenvalue weighted by molar-refractivity contribution is 9.10. The number of hydrogen-bond donors (Lipinski definition) is 2. The summed E-state index contributed by atoms with van der Waals surface area (Å²) in [4.78, 5) is 27.6. The van der Waals surface area contributed by atoms with E-state index in [1.165, 1.54) is 17.0 Å². The summed E-state index contributed by atoms with van der Waals surface area (Å²) in [7, 11) is 0. The second kappa shape index (κ2) is 8.04. The van der Waals surface area contributed by atoms with Crippen molar-refractivity contribution in [3.63, 3.8) is 0 Å². The largest absolute Gasteiger partial charge is 0.508 e. The normalized spacial score (nSPS) is 17.9. The van der Waals surface area contributed by atoms with Gasteiger partial charge in [0.2, 0.25) is 0 Å². The number of aliphatic hydroxyl groups is 1. The number of aliphatic hydroxyl groups excluding tert-OH is 1. The first kappa shape index (κ1) is 20.9. The van der Waals surface area contributed by atoms with Crippen LogP contribution < -0.4 is 4.90 Å². The Hall–Kier alpha value is -3.38. The summed E-state index contributed by atoms with van der Waals surface area (Å²) in [5.74, 6) is -1.63. The molecule has 6 heteroatoms. The van der Waals surface area contributed by atoms with Crippen molar-refractivity contribution in [1.82, 2.24) is 0 Å². The number of amides is 1. The molecule has 1 saturated heterocycles. The van der Waals surface area contributed by atoms with E-state index in [2.05, 4.69) is 15.9 Å². The molecule has 1 heterocycles. The van der Waals surface area contributed by atoms with Crippen LogP contribution >= 0.6 is 15.9 Å². The number of carbonyl (C=O) groups excluding carboxylic acids is 2. The minimum Gasteiger partial charge on any atom is -0.508 e. The topological polar surface area (TPSA) is 77.8 Å². The van der Waals surface area contributed by atoms with E-state index in [4.69, 9.17) is 0 Å². The second-order valence-electron chi connectivity index (χ2n) is 7.54. The fourth-order valence-corrected chi connectivity index (χ4v) is 3.97. The summed E-state index contributed by atoms with van der Waals surface area (Å²) >= 11 is 3.36. The predicted molar refractivity (Wildman–Crippen MR) is 123 cm³/mol. The van der Waals surface area contributed by atoms with Gasteiger partial charge >= 0.3 is 0 Å². The van der Waals surface area contributed by atoms with Crippen LogP contribution in [-0.4, -0.2) is 21.9 Å². The van der Waals surface area contributed by atoms with Crippen molar-refractivity contribution in [2.24, 2.45) is 0 Å². The standard InChI is InChI=1S/C25H20BrNO4/c1-14-3-10-19(13-15(14)2)27-22(16-6-11-20(28)12-7-16)21(24(30)25(27)31)23(29)17-4-8-18(26)9-5-17/h3-13,22,28-29H,1-2H3/b23-21+. The van der Waals surface area contributed by atoms with Gasteiger partial charge in [-0.2, -0.15) is 0 Å². The lowest BCUT2D eigenvalue weighted by Crippen LogP contribution is -2.29. The zero-order chi connectivity index (χ0) is 22.3. The summed E-state index contributed by atoms with van der Waals surface area (Å²) in [6, 6.07) is 17.9. The molecule has 0 radical (unpaired) electrons. The van der Waals surface area contributed by atoms with Gasteiger partial charge in [-0.25, -0.2) is 0 Å². The molecular weight excluding hydrogens is 458 g/mol. The smallest absolute Gasteiger partial charge is 0.300 e. The SMILES string of the molecule is Cc1ccc(N2C(=O)C(=O)/C(=C(/O)c3ccc(Br)cc3)C2c2ccc(O)cc2)cc1C. The van der Waals surface area contributed by atoms with Gasteiger partial charge < -0.3 is 10.2 Å². The third kappa shape index (κ3) is 3.75. The molecule has 0 saturated carbocycles. The van der Waals surface area contributed by atoms with Crippen molar-refractivity contribution in [2.45, 2.75) is 19.9 Å². The van der Waals surface area contributed by atoms with E-state index in [1.54, 1.807) is 42.5 Å². The van der Waals surface area contributed by atoms with Crippen LogP contribution in [0.3, 0.4) is 0 Å². The van der Waals surface area contributed by atoms with E-state index >= 15 is 0 Å². The molecule has 156 valence electrons. The molecule has 0 bridgehead atoms. The van der Waals surface area contributed by atoms with Gasteiger partial charge in [0.1, 0.15) is 11.5 Å². The van der Waals surface area contributed by atoms with E-state index in [1.807, 2.05) is 26.0 Å². The van der Waals surface area contributed by atoms with E-state index < -0.39 is 17.7 Å².